The van der Waals surface area contributed by atoms with E-state index in [1.165, 1.54) is 10.5 Å². The number of nitrogens with zero attached hydrogens (tertiary/aromatic N) is 1. The first kappa shape index (κ1) is 13.2. The van der Waals surface area contributed by atoms with Crippen LogP contribution < -0.4 is 5.32 Å². The molecule has 1 aromatic carbocycles. The maximum Gasteiger partial charge on any atom is 0.229 e. The van der Waals surface area contributed by atoms with Crippen molar-refractivity contribution in [3.8, 4) is 0 Å². The van der Waals surface area contributed by atoms with Gasteiger partial charge in [0.05, 0.1) is 6.54 Å². The van der Waals surface area contributed by atoms with Crippen LogP contribution in [-0.2, 0) is 22.6 Å². The smallest absolute Gasteiger partial charge is 0.229 e. The number of carbonyl (C=O) groups is 2. The van der Waals surface area contributed by atoms with E-state index in [0.29, 0.717) is 19.4 Å². The molecule has 0 atom stereocenters. The number of hydrogen-bond acceptors (Lipinski definition) is 3. The number of benzene rings is 1. The van der Waals surface area contributed by atoms with Gasteiger partial charge in [0.1, 0.15) is 0 Å². The van der Waals surface area contributed by atoms with E-state index in [0.717, 1.165) is 43.5 Å². The number of anilines is 1. The monoisotopic (exact) mass is 272 g/mol. The number of hydrogen-bond donors (Lipinski definition) is 1. The van der Waals surface area contributed by atoms with E-state index < -0.39 is 0 Å². The Hall–Kier alpha value is -1.84. The lowest BCUT2D eigenvalue weighted by Crippen LogP contribution is -2.35. The standard InChI is InChI=1S/C16H20N2O2/c19-14-8-1-2-9-15(20)18(14)11-13-6-3-5-12-7-4-10-17-16(12)13/h3,5-6,17H,1-2,4,7-11H2. The lowest BCUT2D eigenvalue weighted by Gasteiger charge is -2.25. The van der Waals surface area contributed by atoms with Gasteiger partial charge in [-0.1, -0.05) is 18.2 Å². The molecule has 0 saturated carbocycles. The molecule has 0 bridgehead atoms. The van der Waals surface area contributed by atoms with Gasteiger partial charge in [0, 0.05) is 25.1 Å². The topological polar surface area (TPSA) is 49.4 Å². The molecule has 2 heterocycles. The molecule has 2 amide bonds. The summed E-state index contributed by atoms with van der Waals surface area (Å²) in [7, 11) is 0. The Morgan fingerprint density at radius 1 is 1.00 bits per heavy atom. The zero-order valence-electron chi connectivity index (χ0n) is 11.7. The van der Waals surface area contributed by atoms with Crippen molar-refractivity contribution < 1.29 is 9.59 Å². The minimum Gasteiger partial charge on any atom is -0.385 e. The average molecular weight is 272 g/mol. The van der Waals surface area contributed by atoms with Crippen LogP contribution in [0.1, 0.15) is 43.2 Å². The van der Waals surface area contributed by atoms with Crippen LogP contribution in [0, 0.1) is 0 Å². The van der Waals surface area contributed by atoms with Gasteiger partial charge in [0.15, 0.2) is 0 Å². The number of rotatable bonds is 2. The minimum atomic E-state index is -0.0269. The second-order valence-corrected chi connectivity index (χ2v) is 5.56. The van der Waals surface area contributed by atoms with Gasteiger partial charge in [-0.3, -0.25) is 14.5 Å². The molecule has 4 nitrogen and oxygen atoms in total. The second-order valence-electron chi connectivity index (χ2n) is 5.56. The molecule has 1 N–H and O–H groups in total. The van der Waals surface area contributed by atoms with E-state index in [2.05, 4.69) is 11.4 Å². The summed E-state index contributed by atoms with van der Waals surface area (Å²) in [4.78, 5) is 25.6. The van der Waals surface area contributed by atoms with Crippen molar-refractivity contribution in [1.29, 1.82) is 0 Å². The second kappa shape index (κ2) is 5.65. The summed E-state index contributed by atoms with van der Waals surface area (Å²) >= 11 is 0. The molecule has 20 heavy (non-hydrogen) atoms. The largest absolute Gasteiger partial charge is 0.385 e. The number of imide groups is 1. The molecule has 3 rings (SSSR count). The van der Waals surface area contributed by atoms with Gasteiger partial charge in [0.25, 0.3) is 0 Å². The predicted octanol–water partition coefficient (Wildman–Crippen LogP) is 2.47. The van der Waals surface area contributed by atoms with Gasteiger partial charge in [0.2, 0.25) is 11.8 Å². The zero-order chi connectivity index (χ0) is 13.9. The van der Waals surface area contributed by atoms with Crippen molar-refractivity contribution >= 4 is 17.5 Å². The molecule has 2 aliphatic rings. The van der Waals surface area contributed by atoms with Gasteiger partial charge in [-0.15, -0.1) is 0 Å². The Balaban J connectivity index is 1.86. The molecule has 0 radical (unpaired) electrons. The SMILES string of the molecule is O=C1CCCCC(=O)N1Cc1cccc2c1NCCC2. The van der Waals surface area contributed by atoms with E-state index >= 15 is 0 Å². The summed E-state index contributed by atoms with van der Waals surface area (Å²) in [5.41, 5.74) is 3.48. The van der Waals surface area contributed by atoms with Crippen molar-refractivity contribution in [2.24, 2.45) is 0 Å². The number of amides is 2. The van der Waals surface area contributed by atoms with Crippen LogP contribution in [0.15, 0.2) is 18.2 Å². The molecule has 4 heteroatoms. The summed E-state index contributed by atoms with van der Waals surface area (Å²) in [6.07, 6.45) is 4.84. The van der Waals surface area contributed by atoms with Crippen LogP contribution in [-0.4, -0.2) is 23.3 Å². The number of carbonyl (C=O) groups excluding carboxylic acids is 2. The Morgan fingerprint density at radius 3 is 2.50 bits per heavy atom. The van der Waals surface area contributed by atoms with Crippen molar-refractivity contribution in [3.63, 3.8) is 0 Å². The predicted molar refractivity (Wildman–Crippen MR) is 77.3 cm³/mol. The van der Waals surface area contributed by atoms with Gasteiger partial charge in [-0.2, -0.15) is 0 Å². The summed E-state index contributed by atoms with van der Waals surface area (Å²) in [6, 6.07) is 6.16. The van der Waals surface area contributed by atoms with E-state index in [-0.39, 0.29) is 11.8 Å². The van der Waals surface area contributed by atoms with Gasteiger partial charge >= 0.3 is 0 Å². The molecule has 0 spiro atoms. The first-order valence-corrected chi connectivity index (χ1v) is 7.43. The van der Waals surface area contributed by atoms with Crippen LogP contribution in [0.25, 0.3) is 0 Å². The summed E-state index contributed by atoms with van der Waals surface area (Å²) in [5.74, 6) is -0.0539. The minimum absolute atomic E-state index is 0.0269. The number of fused-ring (bicyclic) bond motifs is 1. The van der Waals surface area contributed by atoms with Crippen LogP contribution >= 0.6 is 0 Å². The highest BCUT2D eigenvalue weighted by atomic mass is 16.2. The number of nitrogens with one attached hydrogen (secondary N) is 1. The fraction of sp³-hybridized carbons (Fsp3) is 0.500. The third kappa shape index (κ3) is 2.55. The molecule has 1 fully saturated rings. The van der Waals surface area contributed by atoms with Crippen LogP contribution in [0.4, 0.5) is 5.69 Å². The van der Waals surface area contributed by atoms with Crippen LogP contribution in [0.3, 0.4) is 0 Å². The fourth-order valence-electron chi connectivity index (χ4n) is 3.02. The Kier molecular flexibility index (Phi) is 3.72. The Bertz CT molecular complexity index is 521. The number of likely N-dealkylation sites (tertiary alicyclic amines) is 1. The van der Waals surface area contributed by atoms with Gasteiger partial charge in [-0.05, 0) is 36.8 Å². The van der Waals surface area contributed by atoms with E-state index in [1.54, 1.807) is 0 Å². The van der Waals surface area contributed by atoms with E-state index in [4.69, 9.17) is 0 Å². The van der Waals surface area contributed by atoms with Crippen LogP contribution in [0.2, 0.25) is 0 Å². The summed E-state index contributed by atoms with van der Waals surface area (Å²) in [5, 5.41) is 3.42. The van der Waals surface area contributed by atoms with Crippen molar-refractivity contribution in [1.82, 2.24) is 4.90 Å². The normalized spacial score (nSPS) is 19.3. The van der Waals surface area contributed by atoms with Crippen LogP contribution in [0.5, 0.6) is 0 Å². The summed E-state index contributed by atoms with van der Waals surface area (Å²) in [6.45, 7) is 1.37. The van der Waals surface area contributed by atoms with Crippen molar-refractivity contribution in [2.75, 3.05) is 11.9 Å². The van der Waals surface area contributed by atoms with Crippen molar-refractivity contribution in [2.45, 2.75) is 45.1 Å². The number of aryl methyl sites for hydroxylation is 1. The molecular formula is C16H20N2O2. The molecule has 0 unspecified atom stereocenters. The molecule has 2 aliphatic heterocycles. The first-order valence-electron chi connectivity index (χ1n) is 7.43. The number of para-hydroxylation sites is 1. The zero-order valence-corrected chi connectivity index (χ0v) is 11.7. The highest BCUT2D eigenvalue weighted by Gasteiger charge is 2.25. The highest BCUT2D eigenvalue weighted by molar-refractivity contribution is 5.96. The molecule has 1 aromatic rings. The van der Waals surface area contributed by atoms with Crippen molar-refractivity contribution in [3.05, 3.63) is 29.3 Å². The lowest BCUT2D eigenvalue weighted by molar-refractivity contribution is -0.144. The Labute approximate surface area is 119 Å². The quantitative estimate of drug-likeness (QED) is 0.841. The van der Waals surface area contributed by atoms with Gasteiger partial charge < -0.3 is 5.32 Å². The van der Waals surface area contributed by atoms with E-state index in [1.807, 2.05) is 12.1 Å². The molecule has 1 saturated heterocycles. The van der Waals surface area contributed by atoms with Gasteiger partial charge in [-0.25, -0.2) is 0 Å². The fourth-order valence-corrected chi connectivity index (χ4v) is 3.02. The molecule has 0 aliphatic carbocycles. The summed E-state index contributed by atoms with van der Waals surface area (Å²) < 4.78 is 0. The maximum atomic E-state index is 12.1. The third-order valence-electron chi connectivity index (χ3n) is 4.12. The molecule has 0 aromatic heterocycles. The molecular weight excluding hydrogens is 252 g/mol. The first-order chi connectivity index (χ1) is 9.75. The average Bonchev–Trinajstić information content (AvgIpc) is 2.63. The highest BCUT2D eigenvalue weighted by Crippen LogP contribution is 2.28. The third-order valence-corrected chi connectivity index (χ3v) is 4.12. The van der Waals surface area contributed by atoms with E-state index in [9.17, 15) is 9.59 Å². The lowest BCUT2D eigenvalue weighted by atomic mass is 9.99. The Morgan fingerprint density at radius 2 is 1.75 bits per heavy atom. The molecule has 106 valence electrons. The maximum absolute atomic E-state index is 12.1.